The number of nitrogens with one attached hydrogen (secondary N) is 1. The Balaban J connectivity index is 1.70. The van der Waals surface area contributed by atoms with E-state index in [0.29, 0.717) is 13.1 Å². The molecule has 1 N–H and O–H groups in total. The number of quaternary nitrogens is 1. The van der Waals surface area contributed by atoms with Crippen LogP contribution in [0.15, 0.2) is 36.4 Å². The number of rotatable bonds is 7. The Bertz CT molecular complexity index is 868. The smallest absolute Gasteiger partial charge is 0.277 e. The molecule has 0 spiro atoms. The van der Waals surface area contributed by atoms with Gasteiger partial charge < -0.3 is 24.0 Å². The quantitative estimate of drug-likeness (QED) is 0.772. The van der Waals surface area contributed by atoms with Gasteiger partial charge in [-0.15, -0.1) is 0 Å². The van der Waals surface area contributed by atoms with E-state index < -0.39 is 0 Å². The van der Waals surface area contributed by atoms with Crippen molar-refractivity contribution in [2.24, 2.45) is 0 Å². The third-order valence-electron chi connectivity index (χ3n) is 5.84. The summed E-state index contributed by atoms with van der Waals surface area (Å²) in [4.78, 5) is 16.0. The Morgan fingerprint density at radius 1 is 1.07 bits per heavy atom. The number of benzene rings is 2. The number of likely N-dealkylation sites (N-methyl/N-ethyl adjacent to an activating group) is 1. The first kappa shape index (κ1) is 21.0. The highest BCUT2D eigenvalue weighted by Gasteiger charge is 2.31. The van der Waals surface area contributed by atoms with Crippen LogP contribution < -0.4 is 19.1 Å². The van der Waals surface area contributed by atoms with E-state index in [2.05, 4.69) is 19.1 Å². The maximum Gasteiger partial charge on any atom is 0.277 e. The number of para-hydroxylation sites is 1. The van der Waals surface area contributed by atoms with Gasteiger partial charge in [0.2, 0.25) is 0 Å². The van der Waals surface area contributed by atoms with Crippen LogP contribution in [0, 0.1) is 0 Å². The van der Waals surface area contributed by atoms with E-state index in [-0.39, 0.29) is 11.9 Å². The van der Waals surface area contributed by atoms with Crippen molar-refractivity contribution in [1.29, 1.82) is 0 Å². The number of fused-ring (bicyclic) bond motifs is 1. The second kappa shape index (κ2) is 9.18. The average Bonchev–Trinajstić information content (AvgIpc) is 2.75. The lowest BCUT2D eigenvalue weighted by Gasteiger charge is -2.33. The molecular formula is C23H31N2O4+. The van der Waals surface area contributed by atoms with Gasteiger partial charge >= 0.3 is 0 Å². The summed E-state index contributed by atoms with van der Waals surface area (Å²) in [5.41, 5.74) is 3.51. The number of nitrogens with zero attached hydrogens (tertiary/aromatic N) is 1. The Kier molecular flexibility index (Phi) is 6.64. The van der Waals surface area contributed by atoms with Crippen molar-refractivity contribution in [3.63, 3.8) is 0 Å². The standard InChI is InChI=1S/C23H30N2O4/c1-16-19-13-22(29-5)21(28-4)12-17(19)10-11-25(16)15-23(26)24(2)14-18-8-6-7-9-20(18)27-3/h6-9,12-13,16H,10-11,14-15H2,1-5H3/p+1/t16-/m0/s1. The van der Waals surface area contributed by atoms with E-state index >= 15 is 0 Å². The summed E-state index contributed by atoms with van der Waals surface area (Å²) in [6.45, 7) is 4.08. The van der Waals surface area contributed by atoms with Gasteiger partial charge in [0.15, 0.2) is 18.0 Å². The fourth-order valence-electron chi connectivity index (χ4n) is 4.04. The summed E-state index contributed by atoms with van der Waals surface area (Å²) in [5, 5.41) is 0. The Labute approximate surface area is 173 Å². The molecule has 1 amide bonds. The number of amides is 1. The minimum atomic E-state index is 0.127. The summed E-state index contributed by atoms with van der Waals surface area (Å²) in [7, 11) is 6.81. The zero-order valence-corrected chi connectivity index (χ0v) is 18.0. The molecule has 0 aromatic heterocycles. The zero-order chi connectivity index (χ0) is 21.0. The topological polar surface area (TPSA) is 52.4 Å². The van der Waals surface area contributed by atoms with E-state index in [1.165, 1.54) is 16.0 Å². The molecule has 2 aromatic carbocycles. The van der Waals surface area contributed by atoms with Gasteiger partial charge in [-0.1, -0.05) is 18.2 Å². The zero-order valence-electron chi connectivity index (χ0n) is 18.0. The lowest BCUT2D eigenvalue weighted by Crippen LogP contribution is -3.14. The highest BCUT2D eigenvalue weighted by atomic mass is 16.5. The van der Waals surface area contributed by atoms with Gasteiger partial charge in [0.1, 0.15) is 11.8 Å². The average molecular weight is 400 g/mol. The van der Waals surface area contributed by atoms with Crippen LogP contribution >= 0.6 is 0 Å². The van der Waals surface area contributed by atoms with Crippen LogP contribution in [0.2, 0.25) is 0 Å². The SMILES string of the molecule is COc1ccccc1CN(C)C(=O)C[NH+]1CCc2cc(OC)c(OC)cc2[C@@H]1C. The summed E-state index contributed by atoms with van der Waals surface area (Å²) in [6, 6.07) is 12.1. The van der Waals surface area contributed by atoms with Gasteiger partial charge in [-0.05, 0) is 30.7 Å². The molecule has 0 saturated heterocycles. The van der Waals surface area contributed by atoms with Crippen molar-refractivity contribution in [2.45, 2.75) is 25.9 Å². The lowest BCUT2D eigenvalue weighted by molar-refractivity contribution is -0.924. The Morgan fingerprint density at radius 2 is 1.72 bits per heavy atom. The molecule has 2 aromatic rings. The van der Waals surface area contributed by atoms with Crippen LogP contribution in [-0.4, -0.2) is 52.3 Å². The highest BCUT2D eigenvalue weighted by molar-refractivity contribution is 5.77. The normalized spacial score (nSPS) is 18.0. The van der Waals surface area contributed by atoms with E-state index in [1.807, 2.05) is 31.3 Å². The van der Waals surface area contributed by atoms with Crippen LogP contribution in [0.5, 0.6) is 17.2 Å². The summed E-state index contributed by atoms with van der Waals surface area (Å²) in [5.74, 6) is 2.43. The molecule has 1 aliphatic rings. The second-order valence-electron chi connectivity index (χ2n) is 7.52. The molecular weight excluding hydrogens is 368 g/mol. The second-order valence-corrected chi connectivity index (χ2v) is 7.52. The van der Waals surface area contributed by atoms with Crippen LogP contribution in [0.1, 0.15) is 29.7 Å². The lowest BCUT2D eigenvalue weighted by atomic mass is 9.92. The number of methoxy groups -OCH3 is 3. The van der Waals surface area contributed by atoms with Gasteiger partial charge in [0.25, 0.3) is 5.91 Å². The van der Waals surface area contributed by atoms with Crippen molar-refractivity contribution in [1.82, 2.24) is 4.90 Å². The van der Waals surface area contributed by atoms with E-state index in [9.17, 15) is 4.79 Å². The summed E-state index contributed by atoms with van der Waals surface area (Å²) < 4.78 is 16.3. The monoisotopic (exact) mass is 399 g/mol. The predicted molar refractivity (Wildman–Crippen MR) is 112 cm³/mol. The minimum absolute atomic E-state index is 0.127. The van der Waals surface area contributed by atoms with Gasteiger partial charge in [-0.25, -0.2) is 0 Å². The largest absolute Gasteiger partial charge is 0.496 e. The number of ether oxygens (including phenoxy) is 3. The first-order chi connectivity index (χ1) is 14.0. The molecule has 156 valence electrons. The van der Waals surface area contributed by atoms with Crippen molar-refractivity contribution >= 4 is 5.91 Å². The Morgan fingerprint density at radius 3 is 2.41 bits per heavy atom. The molecule has 0 aliphatic carbocycles. The molecule has 0 fully saturated rings. The van der Waals surface area contributed by atoms with Crippen LogP contribution in [0.25, 0.3) is 0 Å². The number of carbonyl (C=O) groups is 1. The Hall–Kier alpha value is -2.73. The minimum Gasteiger partial charge on any atom is -0.496 e. The predicted octanol–water partition coefficient (Wildman–Crippen LogP) is 1.87. The molecule has 6 nitrogen and oxygen atoms in total. The number of hydrogen-bond acceptors (Lipinski definition) is 4. The number of carbonyl (C=O) groups excluding carboxylic acids is 1. The van der Waals surface area contributed by atoms with Gasteiger partial charge in [-0.2, -0.15) is 0 Å². The fourth-order valence-corrected chi connectivity index (χ4v) is 4.04. The first-order valence-electron chi connectivity index (χ1n) is 9.93. The van der Waals surface area contributed by atoms with Crippen LogP contribution in [0.3, 0.4) is 0 Å². The maximum atomic E-state index is 12.9. The van der Waals surface area contributed by atoms with Gasteiger partial charge in [-0.3, -0.25) is 4.79 Å². The molecule has 29 heavy (non-hydrogen) atoms. The molecule has 1 aliphatic heterocycles. The first-order valence-corrected chi connectivity index (χ1v) is 9.93. The van der Waals surface area contributed by atoms with Crippen molar-refractivity contribution in [3.8, 4) is 17.2 Å². The fraction of sp³-hybridized carbons (Fsp3) is 0.435. The molecule has 1 unspecified atom stereocenters. The summed E-state index contributed by atoms with van der Waals surface area (Å²) in [6.07, 6.45) is 0.916. The van der Waals surface area contributed by atoms with Gasteiger partial charge in [0, 0.05) is 31.1 Å². The molecule has 0 bridgehead atoms. The van der Waals surface area contributed by atoms with Crippen LogP contribution in [0.4, 0.5) is 0 Å². The van der Waals surface area contributed by atoms with E-state index in [0.717, 1.165) is 35.8 Å². The maximum absolute atomic E-state index is 12.9. The molecule has 0 radical (unpaired) electrons. The highest BCUT2D eigenvalue weighted by Crippen LogP contribution is 2.33. The van der Waals surface area contributed by atoms with Crippen molar-refractivity contribution < 1.29 is 23.9 Å². The van der Waals surface area contributed by atoms with E-state index in [4.69, 9.17) is 14.2 Å². The molecule has 1 heterocycles. The molecule has 6 heteroatoms. The molecule has 3 rings (SSSR count). The van der Waals surface area contributed by atoms with Gasteiger partial charge in [0.05, 0.1) is 27.9 Å². The third-order valence-corrected chi connectivity index (χ3v) is 5.84. The third kappa shape index (κ3) is 4.48. The van der Waals surface area contributed by atoms with Crippen molar-refractivity contribution in [2.75, 3.05) is 41.5 Å². The number of hydrogen-bond donors (Lipinski definition) is 1. The van der Waals surface area contributed by atoms with Crippen LogP contribution in [-0.2, 0) is 17.8 Å². The van der Waals surface area contributed by atoms with E-state index in [1.54, 1.807) is 26.2 Å². The molecule has 0 saturated carbocycles. The van der Waals surface area contributed by atoms with Crippen molar-refractivity contribution in [3.05, 3.63) is 53.1 Å². The summed E-state index contributed by atoms with van der Waals surface area (Å²) >= 11 is 0. The molecule has 2 atom stereocenters.